The molecule has 0 spiro atoms. The van der Waals surface area contributed by atoms with E-state index in [1.54, 1.807) is 22.7 Å². The SMILES string of the molecule is C=Cc1c(C)c2ccccc2n1-c1ccc(-c2nc(-c3ccccc3)nc(-c3cccc4sc5cc(-c6nc7ccccc7s6)ccc5c34)n2)cc1. The van der Waals surface area contributed by atoms with Crippen molar-refractivity contribution in [3.8, 4) is 50.4 Å². The number of hydrogen-bond acceptors (Lipinski definition) is 6. The van der Waals surface area contributed by atoms with Gasteiger partial charge in [-0.2, -0.15) is 0 Å². The monoisotopic (exact) mass is 703 g/mol. The molecule has 0 saturated carbocycles. The van der Waals surface area contributed by atoms with Crippen LogP contribution in [0.4, 0.5) is 0 Å². The molecule has 10 aromatic rings. The van der Waals surface area contributed by atoms with Gasteiger partial charge in [-0.3, -0.25) is 0 Å². The molecule has 0 aliphatic rings. The van der Waals surface area contributed by atoms with Crippen LogP contribution in [-0.4, -0.2) is 24.5 Å². The van der Waals surface area contributed by atoms with Crippen LogP contribution in [0.3, 0.4) is 0 Å². The molecule has 0 amide bonds. The fourth-order valence-electron chi connectivity index (χ4n) is 7.19. The van der Waals surface area contributed by atoms with Gasteiger partial charge in [0, 0.05) is 59.2 Å². The van der Waals surface area contributed by atoms with Gasteiger partial charge in [0.2, 0.25) is 0 Å². The van der Waals surface area contributed by atoms with Gasteiger partial charge in [-0.1, -0.05) is 91.5 Å². The van der Waals surface area contributed by atoms with E-state index in [0.717, 1.165) is 55.1 Å². The van der Waals surface area contributed by atoms with Crippen molar-refractivity contribution in [2.75, 3.05) is 0 Å². The number of fused-ring (bicyclic) bond motifs is 5. The molecule has 0 radical (unpaired) electrons. The molecule has 10 rings (SSSR count). The van der Waals surface area contributed by atoms with Gasteiger partial charge in [-0.15, -0.1) is 22.7 Å². The molecule has 0 aliphatic carbocycles. The Bertz CT molecular complexity index is 2960. The van der Waals surface area contributed by atoms with E-state index in [1.165, 1.54) is 30.4 Å². The van der Waals surface area contributed by atoms with E-state index in [1.807, 2.05) is 42.5 Å². The van der Waals surface area contributed by atoms with Crippen molar-refractivity contribution < 1.29 is 0 Å². The standard InChI is InChI=1S/C45H29N5S2/c1-3-36-27(2)32-14-7-9-17-37(32)50(36)31-23-20-29(21-24-31)43-47-42(28-12-5-4-6-13-28)48-44(49-43)34-15-11-19-39-41(34)33-25-22-30(26-40(33)51-39)45-46-35-16-8-10-18-38(35)52-45/h3-26H,1H2,2H3. The number of thiophene rings is 1. The fraction of sp³-hybridized carbons (Fsp3) is 0.0222. The number of hydrogen-bond donors (Lipinski definition) is 0. The number of rotatable bonds is 6. The molecule has 0 bridgehead atoms. The number of para-hydroxylation sites is 2. The Morgan fingerprint density at radius 1 is 0.558 bits per heavy atom. The lowest BCUT2D eigenvalue weighted by atomic mass is 10.0. The topological polar surface area (TPSA) is 56.5 Å². The zero-order valence-corrected chi connectivity index (χ0v) is 29.7. The van der Waals surface area contributed by atoms with Crippen molar-refractivity contribution in [1.82, 2.24) is 24.5 Å². The first-order chi connectivity index (χ1) is 25.6. The molecule has 4 heterocycles. The minimum absolute atomic E-state index is 0.627. The molecule has 0 atom stereocenters. The first kappa shape index (κ1) is 30.5. The average Bonchev–Trinajstić information content (AvgIpc) is 3.89. The summed E-state index contributed by atoms with van der Waals surface area (Å²) in [6.07, 6.45) is 1.93. The molecule has 0 unspecified atom stereocenters. The van der Waals surface area contributed by atoms with Crippen LogP contribution in [0, 0.1) is 6.92 Å². The Hall–Kier alpha value is -6.28. The van der Waals surface area contributed by atoms with Gasteiger partial charge in [0.25, 0.3) is 0 Å². The van der Waals surface area contributed by atoms with Gasteiger partial charge < -0.3 is 4.57 Å². The zero-order valence-electron chi connectivity index (χ0n) is 28.1. The lowest BCUT2D eigenvalue weighted by molar-refractivity contribution is 1.07. The summed E-state index contributed by atoms with van der Waals surface area (Å²) in [5, 5.41) is 4.58. The second-order valence-corrected chi connectivity index (χ2v) is 14.9. The highest BCUT2D eigenvalue weighted by Gasteiger charge is 2.19. The van der Waals surface area contributed by atoms with Crippen molar-refractivity contribution >= 4 is 70.0 Å². The molecular formula is C45H29N5S2. The largest absolute Gasteiger partial charge is 0.310 e. The Kier molecular flexibility index (Phi) is 7.16. The Balaban J connectivity index is 1.11. The molecule has 6 aromatic carbocycles. The van der Waals surface area contributed by atoms with Crippen molar-refractivity contribution in [3.63, 3.8) is 0 Å². The maximum absolute atomic E-state index is 5.17. The summed E-state index contributed by atoms with van der Waals surface area (Å²) < 4.78 is 5.86. The lowest BCUT2D eigenvalue weighted by Gasteiger charge is -2.12. The third-order valence-corrected chi connectivity index (χ3v) is 11.9. The molecule has 0 aliphatic heterocycles. The van der Waals surface area contributed by atoms with Crippen molar-refractivity contribution in [2.45, 2.75) is 6.92 Å². The Labute approximate surface area is 307 Å². The highest BCUT2D eigenvalue weighted by molar-refractivity contribution is 7.26. The van der Waals surface area contributed by atoms with Gasteiger partial charge >= 0.3 is 0 Å². The van der Waals surface area contributed by atoms with E-state index >= 15 is 0 Å². The highest BCUT2D eigenvalue weighted by atomic mass is 32.1. The van der Waals surface area contributed by atoms with E-state index in [4.69, 9.17) is 19.9 Å². The summed E-state index contributed by atoms with van der Waals surface area (Å²) in [6.45, 7) is 6.28. The van der Waals surface area contributed by atoms with Crippen LogP contribution >= 0.6 is 22.7 Å². The predicted octanol–water partition coefficient (Wildman–Crippen LogP) is 12.4. The molecule has 7 heteroatoms. The number of aromatic nitrogens is 5. The van der Waals surface area contributed by atoms with E-state index in [2.05, 4.69) is 121 Å². The number of thiazole rings is 1. The van der Waals surface area contributed by atoms with Crippen LogP contribution in [0.1, 0.15) is 11.3 Å². The first-order valence-corrected chi connectivity index (χ1v) is 18.7. The first-order valence-electron chi connectivity index (χ1n) is 17.1. The van der Waals surface area contributed by atoms with E-state index in [-0.39, 0.29) is 0 Å². The van der Waals surface area contributed by atoms with Crippen LogP contribution < -0.4 is 0 Å². The van der Waals surface area contributed by atoms with Crippen LogP contribution in [-0.2, 0) is 0 Å². The van der Waals surface area contributed by atoms with Crippen LogP contribution in [0.5, 0.6) is 0 Å². The van der Waals surface area contributed by atoms with Gasteiger partial charge in [-0.25, -0.2) is 19.9 Å². The van der Waals surface area contributed by atoms with Gasteiger partial charge in [0.15, 0.2) is 17.5 Å². The molecule has 0 N–H and O–H groups in total. The lowest BCUT2D eigenvalue weighted by Crippen LogP contribution is -2.01. The molecular weight excluding hydrogens is 675 g/mol. The molecule has 0 fully saturated rings. The maximum Gasteiger partial charge on any atom is 0.164 e. The number of benzene rings is 6. The Morgan fingerprint density at radius 2 is 1.25 bits per heavy atom. The molecule has 5 nitrogen and oxygen atoms in total. The van der Waals surface area contributed by atoms with Crippen molar-refractivity contribution in [1.29, 1.82) is 0 Å². The van der Waals surface area contributed by atoms with Crippen molar-refractivity contribution in [2.24, 2.45) is 0 Å². The predicted molar refractivity (Wildman–Crippen MR) is 219 cm³/mol. The van der Waals surface area contributed by atoms with E-state index in [0.29, 0.717) is 17.5 Å². The maximum atomic E-state index is 5.17. The van der Waals surface area contributed by atoms with E-state index < -0.39 is 0 Å². The summed E-state index contributed by atoms with van der Waals surface area (Å²) in [5.74, 6) is 1.91. The summed E-state index contributed by atoms with van der Waals surface area (Å²) in [7, 11) is 0. The summed E-state index contributed by atoms with van der Waals surface area (Å²) in [5.41, 5.74) is 9.52. The van der Waals surface area contributed by atoms with E-state index in [9.17, 15) is 0 Å². The van der Waals surface area contributed by atoms with Gasteiger partial charge in [0.1, 0.15) is 5.01 Å². The molecule has 246 valence electrons. The number of nitrogens with zero attached hydrogens (tertiary/aromatic N) is 5. The van der Waals surface area contributed by atoms with Crippen LogP contribution in [0.15, 0.2) is 146 Å². The zero-order chi connectivity index (χ0) is 34.8. The highest BCUT2D eigenvalue weighted by Crippen LogP contribution is 2.42. The summed E-state index contributed by atoms with van der Waals surface area (Å²) in [4.78, 5) is 20.2. The van der Waals surface area contributed by atoms with Crippen LogP contribution in [0.25, 0.3) is 97.8 Å². The molecule has 0 saturated heterocycles. The van der Waals surface area contributed by atoms with Gasteiger partial charge in [-0.05, 0) is 73.2 Å². The third-order valence-electron chi connectivity index (χ3n) is 9.70. The fourth-order valence-corrected chi connectivity index (χ4v) is 9.32. The minimum Gasteiger partial charge on any atom is -0.310 e. The minimum atomic E-state index is 0.627. The number of aryl methyl sites for hydroxylation is 1. The molecule has 4 aromatic heterocycles. The van der Waals surface area contributed by atoms with Crippen molar-refractivity contribution in [3.05, 3.63) is 157 Å². The van der Waals surface area contributed by atoms with Gasteiger partial charge in [0.05, 0.1) is 15.7 Å². The normalized spacial score (nSPS) is 11.6. The second-order valence-electron chi connectivity index (χ2n) is 12.8. The third kappa shape index (κ3) is 4.97. The smallest absolute Gasteiger partial charge is 0.164 e. The second kappa shape index (κ2) is 12.2. The quantitative estimate of drug-likeness (QED) is 0.173. The summed E-state index contributed by atoms with van der Waals surface area (Å²) in [6, 6.07) is 48.5. The Morgan fingerprint density at radius 3 is 2.06 bits per heavy atom. The average molecular weight is 704 g/mol. The van der Waals surface area contributed by atoms with Crippen LogP contribution in [0.2, 0.25) is 0 Å². The summed E-state index contributed by atoms with van der Waals surface area (Å²) >= 11 is 3.52. The molecule has 52 heavy (non-hydrogen) atoms.